The fraction of sp³-hybridized carbons (Fsp3) is 1.00. The van der Waals surface area contributed by atoms with Gasteiger partial charge in [0.15, 0.2) is 0 Å². The zero-order chi connectivity index (χ0) is 5.54. The van der Waals surface area contributed by atoms with E-state index in [2.05, 4.69) is 4.72 Å². The van der Waals surface area contributed by atoms with Crippen molar-refractivity contribution < 1.29 is 0 Å². The van der Waals surface area contributed by atoms with Gasteiger partial charge in [-0.1, -0.05) is 11.9 Å². The molecule has 0 aromatic heterocycles. The number of nitrogens with one attached hydrogen (secondary N) is 1. The molecule has 0 aliphatic carbocycles. The number of hydrogen-bond donors (Lipinski definition) is 1. The first-order valence-corrected chi connectivity index (χ1v) is 3.99. The van der Waals surface area contributed by atoms with E-state index in [1.807, 2.05) is 6.26 Å². The highest BCUT2D eigenvalue weighted by Crippen LogP contribution is 1.85. The van der Waals surface area contributed by atoms with E-state index >= 15 is 0 Å². The van der Waals surface area contributed by atoms with Crippen molar-refractivity contribution in [1.82, 2.24) is 4.72 Å². The molecule has 0 saturated heterocycles. The second kappa shape index (κ2) is 6.60. The summed E-state index contributed by atoms with van der Waals surface area (Å²) in [6.45, 7) is 1.02. The molecule has 0 rings (SSSR count). The van der Waals surface area contributed by atoms with Gasteiger partial charge in [-0.15, -0.1) is 11.6 Å². The Bertz CT molecular complexity index is 30.9. The van der Waals surface area contributed by atoms with Crippen LogP contribution in [-0.2, 0) is 0 Å². The molecule has 0 atom stereocenters. The largest absolute Gasteiger partial charge is 0.264 e. The van der Waals surface area contributed by atoms with Gasteiger partial charge in [0.2, 0.25) is 0 Å². The monoisotopic (exact) mass is 139 g/mol. The molecule has 1 nitrogen and oxygen atoms in total. The molecule has 0 amide bonds. The molecule has 7 heavy (non-hydrogen) atoms. The third kappa shape index (κ3) is 6.60. The third-order valence-electron chi connectivity index (χ3n) is 0.557. The van der Waals surface area contributed by atoms with Gasteiger partial charge in [0.25, 0.3) is 0 Å². The van der Waals surface area contributed by atoms with Crippen molar-refractivity contribution in [3.05, 3.63) is 0 Å². The maximum atomic E-state index is 5.39. The van der Waals surface area contributed by atoms with Gasteiger partial charge in [-0.3, -0.25) is 4.72 Å². The Kier molecular flexibility index (Phi) is 7.17. The fourth-order valence-corrected chi connectivity index (χ4v) is 0.723. The molecule has 44 valence electrons. The molecular formula is C4H10ClNS. The summed E-state index contributed by atoms with van der Waals surface area (Å²) < 4.78 is 3.08. The molecular weight excluding hydrogens is 130 g/mol. The van der Waals surface area contributed by atoms with Gasteiger partial charge in [0, 0.05) is 12.4 Å². The first kappa shape index (κ1) is 7.60. The van der Waals surface area contributed by atoms with E-state index in [0.717, 1.165) is 18.8 Å². The lowest BCUT2D eigenvalue weighted by Gasteiger charge is -1.93. The Balaban J connectivity index is 2.45. The van der Waals surface area contributed by atoms with Crippen LogP contribution < -0.4 is 4.72 Å². The normalized spacial score (nSPS) is 9.43. The van der Waals surface area contributed by atoms with Crippen LogP contribution in [0, 0.1) is 0 Å². The van der Waals surface area contributed by atoms with Crippen LogP contribution >= 0.6 is 23.5 Å². The van der Waals surface area contributed by atoms with Crippen LogP contribution in [0.25, 0.3) is 0 Å². The van der Waals surface area contributed by atoms with Crippen molar-refractivity contribution in [1.29, 1.82) is 0 Å². The molecule has 0 unspecified atom stereocenters. The van der Waals surface area contributed by atoms with Crippen LogP contribution in [0.5, 0.6) is 0 Å². The van der Waals surface area contributed by atoms with Crippen LogP contribution in [0.4, 0.5) is 0 Å². The van der Waals surface area contributed by atoms with Crippen LogP contribution in [0.3, 0.4) is 0 Å². The van der Waals surface area contributed by atoms with Gasteiger partial charge >= 0.3 is 0 Å². The molecule has 1 N–H and O–H groups in total. The number of alkyl halides is 1. The maximum absolute atomic E-state index is 5.39. The Hall–Kier alpha value is 0.600. The highest BCUT2D eigenvalue weighted by molar-refractivity contribution is 7.96. The van der Waals surface area contributed by atoms with E-state index < -0.39 is 0 Å². The Labute approximate surface area is 53.9 Å². The predicted octanol–water partition coefficient (Wildman–Crippen LogP) is 1.48. The van der Waals surface area contributed by atoms with Crippen LogP contribution in [0.15, 0.2) is 0 Å². The van der Waals surface area contributed by atoms with Crippen molar-refractivity contribution in [3.63, 3.8) is 0 Å². The standard InChI is InChI=1S/C4H10ClNS/c1-7-6-4-2-3-5/h6H,2-4H2,1H3. The zero-order valence-electron chi connectivity index (χ0n) is 4.41. The van der Waals surface area contributed by atoms with Gasteiger partial charge in [0.1, 0.15) is 0 Å². The average Bonchev–Trinajstić information content (AvgIpc) is 1.69. The minimum absolute atomic E-state index is 0.758. The molecule has 0 aromatic carbocycles. The van der Waals surface area contributed by atoms with Crippen LogP contribution in [-0.4, -0.2) is 18.7 Å². The van der Waals surface area contributed by atoms with E-state index in [1.54, 1.807) is 11.9 Å². The average molecular weight is 140 g/mol. The Morgan fingerprint density at radius 1 is 1.71 bits per heavy atom. The summed E-state index contributed by atoms with van der Waals surface area (Å²) in [6, 6.07) is 0. The van der Waals surface area contributed by atoms with Crippen molar-refractivity contribution in [2.24, 2.45) is 0 Å². The quantitative estimate of drug-likeness (QED) is 0.360. The highest BCUT2D eigenvalue weighted by Gasteiger charge is 1.79. The van der Waals surface area contributed by atoms with E-state index in [-0.39, 0.29) is 0 Å². The van der Waals surface area contributed by atoms with E-state index in [1.165, 1.54) is 0 Å². The van der Waals surface area contributed by atoms with E-state index in [0.29, 0.717) is 0 Å². The number of halogens is 1. The van der Waals surface area contributed by atoms with E-state index in [9.17, 15) is 0 Å². The van der Waals surface area contributed by atoms with Gasteiger partial charge in [0.05, 0.1) is 0 Å². The topological polar surface area (TPSA) is 12.0 Å². The summed E-state index contributed by atoms with van der Waals surface area (Å²) in [5.74, 6) is 0.758. The smallest absolute Gasteiger partial charge is 0.0235 e. The second-order valence-electron chi connectivity index (χ2n) is 1.14. The molecule has 0 heterocycles. The molecule has 0 aromatic rings. The molecule has 3 heteroatoms. The maximum Gasteiger partial charge on any atom is 0.0235 e. The summed E-state index contributed by atoms with van der Waals surface area (Å²) in [5, 5.41) is 0. The summed E-state index contributed by atoms with van der Waals surface area (Å²) >= 11 is 7.02. The lowest BCUT2D eigenvalue weighted by Crippen LogP contribution is -2.04. The SMILES string of the molecule is CSNCCCCl. The molecule has 0 bridgehead atoms. The number of hydrogen-bond acceptors (Lipinski definition) is 2. The predicted molar refractivity (Wildman–Crippen MR) is 36.9 cm³/mol. The first-order valence-electron chi connectivity index (χ1n) is 2.23. The van der Waals surface area contributed by atoms with Gasteiger partial charge < -0.3 is 0 Å². The summed E-state index contributed by atoms with van der Waals surface area (Å²) in [7, 11) is 0. The van der Waals surface area contributed by atoms with Crippen molar-refractivity contribution in [2.45, 2.75) is 6.42 Å². The molecule has 0 saturated carbocycles. The van der Waals surface area contributed by atoms with Gasteiger partial charge in [-0.25, -0.2) is 0 Å². The second-order valence-corrected chi connectivity index (χ2v) is 2.22. The lowest BCUT2D eigenvalue weighted by atomic mass is 10.5. The zero-order valence-corrected chi connectivity index (χ0v) is 5.98. The van der Waals surface area contributed by atoms with Gasteiger partial charge in [-0.05, 0) is 12.7 Å². The van der Waals surface area contributed by atoms with E-state index in [4.69, 9.17) is 11.6 Å². The van der Waals surface area contributed by atoms with Crippen molar-refractivity contribution >= 4 is 23.5 Å². The molecule has 0 radical (unpaired) electrons. The van der Waals surface area contributed by atoms with Crippen LogP contribution in [0.1, 0.15) is 6.42 Å². The first-order chi connectivity index (χ1) is 3.41. The van der Waals surface area contributed by atoms with Gasteiger partial charge in [-0.2, -0.15) is 0 Å². The fourth-order valence-electron chi connectivity index (χ4n) is 0.241. The highest BCUT2D eigenvalue weighted by atomic mass is 35.5. The van der Waals surface area contributed by atoms with Crippen LogP contribution in [0.2, 0.25) is 0 Å². The molecule has 0 spiro atoms. The summed E-state index contributed by atoms with van der Waals surface area (Å²) in [5.41, 5.74) is 0. The Morgan fingerprint density at radius 3 is 2.86 bits per heavy atom. The van der Waals surface area contributed by atoms with Crippen molar-refractivity contribution in [2.75, 3.05) is 18.7 Å². The molecule has 0 aliphatic rings. The minimum Gasteiger partial charge on any atom is -0.264 e. The summed E-state index contributed by atoms with van der Waals surface area (Å²) in [4.78, 5) is 0. The third-order valence-corrected chi connectivity index (χ3v) is 1.32. The molecule has 0 aliphatic heterocycles. The Morgan fingerprint density at radius 2 is 2.43 bits per heavy atom. The van der Waals surface area contributed by atoms with Crippen molar-refractivity contribution in [3.8, 4) is 0 Å². The minimum atomic E-state index is 0.758. The molecule has 0 fully saturated rings. The summed E-state index contributed by atoms with van der Waals surface area (Å²) in [6.07, 6.45) is 3.07. The lowest BCUT2D eigenvalue weighted by molar-refractivity contribution is 0.885. The number of rotatable bonds is 4.